The average Bonchev–Trinajstić information content (AvgIpc) is 3.48. The molecule has 0 N–H and O–H groups in total. The lowest BCUT2D eigenvalue weighted by Gasteiger charge is -2.26. The number of rotatable bonds is 10. The van der Waals surface area contributed by atoms with Gasteiger partial charge in [-0.15, -0.1) is 0 Å². The van der Waals surface area contributed by atoms with Crippen LogP contribution in [0.4, 0.5) is 0 Å². The SMILES string of the molecule is CC(C)Oc1cccc(P(c2cccc(OC(C)C)c2)c2ccc3ccccc3c2-c2c(Op3oc4ccc5ccccc5c4c4c(ccc5ccccc54)o3)ccc3ccccc23)c1. The quantitative estimate of drug-likeness (QED) is 0.128. The van der Waals surface area contributed by atoms with Crippen molar-refractivity contribution >= 4 is 97.1 Å². The van der Waals surface area contributed by atoms with Gasteiger partial charge in [0.15, 0.2) is 0 Å². The molecule has 0 aliphatic heterocycles. The summed E-state index contributed by atoms with van der Waals surface area (Å²) < 4.78 is 34.0. The smallest absolute Gasteiger partial charge is 0.453 e. The molecule has 11 rings (SSSR count). The zero-order chi connectivity index (χ0) is 44.0. The lowest BCUT2D eigenvalue weighted by molar-refractivity contribution is 0.242. The molecule has 0 bridgehead atoms. The van der Waals surface area contributed by atoms with Crippen LogP contribution in [0.5, 0.6) is 17.2 Å². The Bertz CT molecular complexity index is 3480. The molecular weight excluding hydrogens is 839 g/mol. The summed E-state index contributed by atoms with van der Waals surface area (Å²) in [5.41, 5.74) is 3.50. The third-order valence-corrected chi connectivity index (χ3v) is 15.2. The van der Waals surface area contributed by atoms with Gasteiger partial charge in [-0.1, -0.05) is 152 Å². The predicted octanol–water partition coefficient (Wildman–Crippen LogP) is 15.7. The molecule has 10 aromatic carbocycles. The van der Waals surface area contributed by atoms with E-state index < -0.39 is 16.2 Å². The van der Waals surface area contributed by atoms with Gasteiger partial charge in [-0.25, -0.2) is 0 Å². The molecule has 1 heterocycles. The Morgan fingerprint density at radius 2 is 0.846 bits per heavy atom. The predicted molar refractivity (Wildman–Crippen MR) is 274 cm³/mol. The van der Waals surface area contributed by atoms with Crippen molar-refractivity contribution < 1.29 is 22.4 Å². The van der Waals surface area contributed by atoms with Gasteiger partial charge in [-0.3, -0.25) is 0 Å². The van der Waals surface area contributed by atoms with Gasteiger partial charge in [0, 0.05) is 21.9 Å². The van der Waals surface area contributed by atoms with E-state index in [2.05, 4.69) is 210 Å². The number of hydrogen-bond donors (Lipinski definition) is 0. The van der Waals surface area contributed by atoms with Crippen molar-refractivity contribution in [3.63, 3.8) is 0 Å². The first kappa shape index (κ1) is 40.7. The summed E-state index contributed by atoms with van der Waals surface area (Å²) in [5.74, 6) is 2.34. The van der Waals surface area contributed by atoms with Gasteiger partial charge in [0.1, 0.15) is 28.4 Å². The second-order valence-corrected chi connectivity index (χ2v) is 20.0. The lowest BCUT2D eigenvalue weighted by atomic mass is 9.93. The summed E-state index contributed by atoms with van der Waals surface area (Å²) in [6, 6.07) is 68.5. The lowest BCUT2D eigenvalue weighted by Crippen LogP contribution is -2.23. The number of ether oxygens (including phenoxy) is 2. The molecule has 0 saturated heterocycles. The highest BCUT2D eigenvalue weighted by molar-refractivity contribution is 7.80. The summed E-state index contributed by atoms with van der Waals surface area (Å²) in [6.07, 6.45) is 0.0511. The van der Waals surface area contributed by atoms with Crippen molar-refractivity contribution in [1.82, 2.24) is 0 Å². The van der Waals surface area contributed by atoms with Gasteiger partial charge in [-0.2, -0.15) is 0 Å². The van der Waals surface area contributed by atoms with E-state index in [9.17, 15) is 0 Å². The van der Waals surface area contributed by atoms with Gasteiger partial charge in [0.25, 0.3) is 0 Å². The summed E-state index contributed by atoms with van der Waals surface area (Å²) in [7, 11) is -3.24. The molecule has 0 aliphatic rings. The van der Waals surface area contributed by atoms with Crippen molar-refractivity contribution in [1.29, 1.82) is 0 Å². The van der Waals surface area contributed by atoms with Crippen molar-refractivity contribution in [2.45, 2.75) is 39.9 Å². The van der Waals surface area contributed by atoms with Gasteiger partial charge in [0.2, 0.25) is 0 Å². The summed E-state index contributed by atoms with van der Waals surface area (Å²) in [6.45, 7) is 8.26. The Labute approximate surface area is 380 Å². The van der Waals surface area contributed by atoms with Crippen LogP contribution in [0.15, 0.2) is 203 Å². The maximum absolute atomic E-state index is 7.28. The molecule has 11 aromatic rings. The molecule has 7 heteroatoms. The molecule has 318 valence electrons. The largest absolute Gasteiger partial charge is 0.491 e. The number of benzene rings is 10. The summed E-state index contributed by atoms with van der Waals surface area (Å²) in [4.78, 5) is 0. The van der Waals surface area contributed by atoms with Crippen molar-refractivity contribution in [2.24, 2.45) is 0 Å². The summed E-state index contributed by atoms with van der Waals surface area (Å²) >= 11 is 0. The van der Waals surface area contributed by atoms with E-state index in [0.717, 1.165) is 87.1 Å². The standard InChI is InChI=1S/C58H46O5P2/c1-37(2)59-43-19-13-21-45(35-43)64(46-22-14-20-44(36-46)60-38(3)4)54-34-30-42-18-8-12-26-50(42)58(54)57-49-25-11-7-17-41(49)29-33-53(57)63-65-61-51-31-27-39-15-5-9-23-47(39)55(51)56-48-24-10-6-16-40(48)28-32-52(56)62-65/h5-38H,1-4H3. The molecule has 0 aliphatic carbocycles. The molecule has 0 unspecified atom stereocenters. The van der Waals surface area contributed by atoms with E-state index in [-0.39, 0.29) is 12.2 Å². The van der Waals surface area contributed by atoms with Gasteiger partial charge < -0.3 is 22.4 Å². The average molecular weight is 885 g/mol. The first-order valence-corrected chi connectivity index (χ1v) is 24.6. The van der Waals surface area contributed by atoms with Crippen LogP contribution in [-0.2, 0) is 0 Å². The molecule has 0 atom stereocenters. The molecule has 0 saturated carbocycles. The third kappa shape index (κ3) is 7.76. The Morgan fingerprint density at radius 3 is 1.35 bits per heavy atom. The minimum Gasteiger partial charge on any atom is -0.491 e. The monoisotopic (exact) mass is 884 g/mol. The van der Waals surface area contributed by atoms with Crippen molar-refractivity contribution in [2.75, 3.05) is 0 Å². The second-order valence-electron chi connectivity index (χ2n) is 16.8. The second kappa shape index (κ2) is 17.2. The molecule has 0 fully saturated rings. The van der Waals surface area contributed by atoms with E-state index in [0.29, 0.717) is 16.9 Å². The maximum atomic E-state index is 7.28. The topological polar surface area (TPSA) is 54.0 Å². The van der Waals surface area contributed by atoms with E-state index >= 15 is 0 Å². The normalized spacial score (nSPS) is 11.8. The fourth-order valence-corrected chi connectivity index (χ4v) is 12.7. The highest BCUT2D eigenvalue weighted by atomic mass is 31.1. The minimum atomic E-state index is -2.03. The molecule has 0 amide bonds. The van der Waals surface area contributed by atoms with Gasteiger partial charge in [-0.05, 0) is 137 Å². The van der Waals surface area contributed by atoms with E-state index in [4.69, 9.17) is 22.4 Å². The molecule has 5 nitrogen and oxygen atoms in total. The highest BCUT2D eigenvalue weighted by Crippen LogP contribution is 2.49. The van der Waals surface area contributed by atoms with Crippen LogP contribution in [0.3, 0.4) is 0 Å². The van der Waals surface area contributed by atoms with Crippen molar-refractivity contribution in [3.05, 3.63) is 194 Å². The molecular formula is C58H46O5P2. The molecule has 65 heavy (non-hydrogen) atoms. The third-order valence-electron chi connectivity index (χ3n) is 11.7. The van der Waals surface area contributed by atoms with Crippen molar-refractivity contribution in [3.8, 4) is 28.4 Å². The van der Waals surface area contributed by atoms with Gasteiger partial charge >= 0.3 is 8.24 Å². The van der Waals surface area contributed by atoms with Crippen LogP contribution < -0.4 is 29.9 Å². The highest BCUT2D eigenvalue weighted by Gasteiger charge is 2.27. The zero-order valence-corrected chi connectivity index (χ0v) is 38.4. The van der Waals surface area contributed by atoms with Crippen LogP contribution in [0, 0.1) is 0 Å². The van der Waals surface area contributed by atoms with Crippen LogP contribution >= 0.6 is 16.2 Å². The van der Waals surface area contributed by atoms with Crippen LogP contribution in [-0.4, -0.2) is 12.2 Å². The summed E-state index contributed by atoms with van der Waals surface area (Å²) in [5, 5.41) is 14.3. The Kier molecular flexibility index (Phi) is 10.8. The fourth-order valence-electron chi connectivity index (χ4n) is 9.13. The van der Waals surface area contributed by atoms with Crippen LogP contribution in [0.1, 0.15) is 27.7 Å². The van der Waals surface area contributed by atoms with E-state index in [1.807, 2.05) is 12.1 Å². The number of hydrogen-bond acceptors (Lipinski definition) is 5. The van der Waals surface area contributed by atoms with Crippen LogP contribution in [0.25, 0.3) is 76.2 Å². The fraction of sp³-hybridized carbons (Fsp3) is 0.103. The zero-order valence-electron chi connectivity index (χ0n) is 36.6. The van der Waals surface area contributed by atoms with E-state index in [1.54, 1.807) is 0 Å². The van der Waals surface area contributed by atoms with E-state index in [1.165, 1.54) is 5.30 Å². The number of fused-ring (bicyclic) bond motifs is 9. The Morgan fingerprint density at radius 1 is 0.415 bits per heavy atom. The maximum Gasteiger partial charge on any atom is 0.453 e. The molecule has 1 aromatic heterocycles. The molecule has 0 radical (unpaired) electrons. The first-order chi connectivity index (χ1) is 31.9. The van der Waals surface area contributed by atoms with Crippen LogP contribution in [0.2, 0.25) is 0 Å². The Balaban J connectivity index is 1.20. The first-order valence-electron chi connectivity index (χ1n) is 22.1. The van der Waals surface area contributed by atoms with Gasteiger partial charge in [0.05, 0.1) is 12.2 Å². The Hall–Kier alpha value is -7.03. The molecule has 0 spiro atoms. The minimum absolute atomic E-state index is 0.0256.